The topological polar surface area (TPSA) is 34.9 Å². The minimum absolute atomic E-state index is 0.514. The number of hydrogen-bond donors (Lipinski definition) is 0. The lowest BCUT2D eigenvalue weighted by Crippen LogP contribution is -2.01. The highest BCUT2D eigenvalue weighted by molar-refractivity contribution is 5.69. The van der Waals surface area contributed by atoms with Crippen LogP contribution in [-0.2, 0) is 6.54 Å². The molecule has 0 aliphatic carbocycles. The van der Waals surface area contributed by atoms with Gasteiger partial charge in [-0.2, -0.15) is 0 Å². The molecule has 1 aromatic rings. The molecule has 1 aromatic heterocycles. The third-order valence-electron chi connectivity index (χ3n) is 1.51. The zero-order valence-corrected chi connectivity index (χ0v) is 6.16. The van der Waals surface area contributed by atoms with Crippen molar-refractivity contribution in [3.05, 3.63) is 17.7 Å². The Bertz CT molecular complexity index is 240. The number of aryl methyl sites for hydroxylation is 1. The van der Waals surface area contributed by atoms with Crippen LogP contribution >= 0.6 is 0 Å². The molecule has 0 atom stereocenters. The summed E-state index contributed by atoms with van der Waals surface area (Å²) in [5, 5.41) is 0. The molecule has 0 saturated heterocycles. The van der Waals surface area contributed by atoms with Gasteiger partial charge in [0.1, 0.15) is 0 Å². The quantitative estimate of drug-likeness (QED) is 0.572. The molecule has 0 fully saturated rings. The van der Waals surface area contributed by atoms with Gasteiger partial charge in [-0.05, 0) is 13.8 Å². The Hall–Kier alpha value is -1.12. The molecule has 1 rings (SSSR count). The van der Waals surface area contributed by atoms with Crippen LogP contribution in [0.1, 0.15) is 23.2 Å². The molecule has 0 bridgehead atoms. The largest absolute Gasteiger partial charge is 0.326 e. The van der Waals surface area contributed by atoms with Gasteiger partial charge in [0, 0.05) is 18.4 Å². The molecule has 0 radical (unpaired) electrons. The van der Waals surface area contributed by atoms with E-state index in [-0.39, 0.29) is 0 Å². The molecule has 0 aliphatic heterocycles. The number of aromatic nitrogens is 2. The lowest BCUT2D eigenvalue weighted by Gasteiger charge is -1.99. The third-order valence-corrected chi connectivity index (χ3v) is 1.51. The van der Waals surface area contributed by atoms with Crippen molar-refractivity contribution >= 4 is 6.29 Å². The molecule has 10 heavy (non-hydrogen) atoms. The van der Waals surface area contributed by atoms with Crippen molar-refractivity contribution in [3.8, 4) is 0 Å². The van der Waals surface area contributed by atoms with E-state index in [1.807, 2.05) is 18.4 Å². The van der Waals surface area contributed by atoms with Gasteiger partial charge in [-0.3, -0.25) is 4.79 Å². The predicted molar refractivity (Wildman–Crippen MR) is 38.0 cm³/mol. The third kappa shape index (κ3) is 0.943. The van der Waals surface area contributed by atoms with Crippen molar-refractivity contribution in [2.75, 3.05) is 0 Å². The van der Waals surface area contributed by atoms with Crippen molar-refractivity contribution in [2.45, 2.75) is 20.4 Å². The Balaban J connectivity index is 3.12. The fraction of sp³-hybridized carbons (Fsp3) is 0.429. The highest BCUT2D eigenvalue weighted by Gasteiger charge is 2.01. The molecule has 0 aliphatic rings. The smallest absolute Gasteiger partial charge is 0.185 e. The van der Waals surface area contributed by atoms with E-state index in [0.29, 0.717) is 5.82 Å². The first-order valence-corrected chi connectivity index (χ1v) is 3.27. The van der Waals surface area contributed by atoms with E-state index in [4.69, 9.17) is 0 Å². The highest BCUT2D eigenvalue weighted by atomic mass is 16.1. The van der Waals surface area contributed by atoms with Crippen LogP contribution in [0, 0.1) is 6.92 Å². The molecule has 0 unspecified atom stereocenters. The monoisotopic (exact) mass is 138 g/mol. The Morgan fingerprint density at radius 1 is 1.80 bits per heavy atom. The van der Waals surface area contributed by atoms with Crippen LogP contribution in [0.15, 0.2) is 6.20 Å². The van der Waals surface area contributed by atoms with Gasteiger partial charge in [-0.25, -0.2) is 4.98 Å². The molecular formula is C7H10N2O. The first-order valence-electron chi connectivity index (χ1n) is 3.27. The van der Waals surface area contributed by atoms with E-state index in [2.05, 4.69) is 4.98 Å². The molecule has 54 valence electrons. The molecule has 3 nitrogen and oxygen atoms in total. The van der Waals surface area contributed by atoms with Crippen molar-refractivity contribution in [1.82, 2.24) is 9.55 Å². The number of imidazole rings is 1. The van der Waals surface area contributed by atoms with Crippen LogP contribution in [0.3, 0.4) is 0 Å². The van der Waals surface area contributed by atoms with E-state index in [9.17, 15) is 4.79 Å². The summed E-state index contributed by atoms with van der Waals surface area (Å²) < 4.78 is 1.87. The van der Waals surface area contributed by atoms with Gasteiger partial charge in [-0.15, -0.1) is 0 Å². The normalized spacial score (nSPS) is 9.80. The lowest BCUT2D eigenvalue weighted by atomic mass is 10.5. The van der Waals surface area contributed by atoms with Gasteiger partial charge >= 0.3 is 0 Å². The Kier molecular flexibility index (Phi) is 1.85. The summed E-state index contributed by atoms with van der Waals surface area (Å²) in [6.45, 7) is 4.73. The Morgan fingerprint density at radius 2 is 2.50 bits per heavy atom. The van der Waals surface area contributed by atoms with Crippen LogP contribution in [0.5, 0.6) is 0 Å². The van der Waals surface area contributed by atoms with Gasteiger partial charge in [0.2, 0.25) is 0 Å². The Labute approximate surface area is 59.7 Å². The van der Waals surface area contributed by atoms with E-state index in [0.717, 1.165) is 18.5 Å². The van der Waals surface area contributed by atoms with Crippen LogP contribution in [0.4, 0.5) is 0 Å². The summed E-state index contributed by atoms with van der Waals surface area (Å²) >= 11 is 0. The molecule has 1 heterocycles. The molecular weight excluding hydrogens is 128 g/mol. The Morgan fingerprint density at radius 3 is 2.90 bits per heavy atom. The molecule has 3 heteroatoms. The van der Waals surface area contributed by atoms with Crippen LogP contribution in [0.25, 0.3) is 0 Å². The second-order valence-corrected chi connectivity index (χ2v) is 2.12. The fourth-order valence-electron chi connectivity index (χ4n) is 0.985. The average Bonchev–Trinajstić information content (AvgIpc) is 2.30. The zero-order chi connectivity index (χ0) is 7.56. The predicted octanol–water partition coefficient (Wildman–Crippen LogP) is 1.02. The second kappa shape index (κ2) is 2.64. The van der Waals surface area contributed by atoms with Crippen LogP contribution in [0.2, 0.25) is 0 Å². The first kappa shape index (κ1) is 6.99. The zero-order valence-electron chi connectivity index (χ0n) is 6.16. The number of aldehydes is 1. The van der Waals surface area contributed by atoms with Gasteiger partial charge in [0.15, 0.2) is 12.1 Å². The standard InChI is InChI=1S/C7H10N2O/c1-3-9-6(2)4-8-7(9)5-10/h4-5H,3H2,1-2H3. The minimum Gasteiger partial charge on any atom is -0.326 e. The minimum atomic E-state index is 0.514. The van der Waals surface area contributed by atoms with Gasteiger partial charge in [-0.1, -0.05) is 0 Å². The highest BCUT2D eigenvalue weighted by Crippen LogP contribution is 2.00. The van der Waals surface area contributed by atoms with Crippen molar-refractivity contribution in [2.24, 2.45) is 0 Å². The average molecular weight is 138 g/mol. The van der Waals surface area contributed by atoms with Crippen molar-refractivity contribution < 1.29 is 4.79 Å². The summed E-state index contributed by atoms with van der Waals surface area (Å²) in [5.74, 6) is 0.514. The number of carbonyl (C=O) groups excluding carboxylic acids is 1. The summed E-state index contributed by atoms with van der Waals surface area (Å²) in [4.78, 5) is 14.2. The molecule has 0 amide bonds. The van der Waals surface area contributed by atoms with Crippen molar-refractivity contribution in [3.63, 3.8) is 0 Å². The summed E-state index contributed by atoms with van der Waals surface area (Å²) in [6.07, 6.45) is 2.48. The molecule has 0 N–H and O–H groups in total. The SMILES string of the molecule is CCn1c(C)cnc1C=O. The maximum Gasteiger partial charge on any atom is 0.185 e. The number of rotatable bonds is 2. The number of nitrogens with zero attached hydrogens (tertiary/aromatic N) is 2. The lowest BCUT2D eigenvalue weighted by molar-refractivity contribution is 0.111. The maximum atomic E-state index is 10.3. The first-order chi connectivity index (χ1) is 4.79. The van der Waals surface area contributed by atoms with Crippen molar-refractivity contribution in [1.29, 1.82) is 0 Å². The van der Waals surface area contributed by atoms with Gasteiger partial charge in [0.25, 0.3) is 0 Å². The second-order valence-electron chi connectivity index (χ2n) is 2.12. The fourth-order valence-corrected chi connectivity index (χ4v) is 0.985. The summed E-state index contributed by atoms with van der Waals surface area (Å²) in [6, 6.07) is 0. The van der Waals surface area contributed by atoms with Crippen LogP contribution < -0.4 is 0 Å². The maximum absolute atomic E-state index is 10.3. The molecule has 0 saturated carbocycles. The van der Waals surface area contributed by atoms with Gasteiger partial charge in [0.05, 0.1) is 0 Å². The van der Waals surface area contributed by atoms with Crippen LogP contribution in [-0.4, -0.2) is 15.8 Å². The summed E-state index contributed by atoms with van der Waals surface area (Å²) in [7, 11) is 0. The van der Waals surface area contributed by atoms with Gasteiger partial charge < -0.3 is 4.57 Å². The molecule has 0 spiro atoms. The number of hydrogen-bond acceptors (Lipinski definition) is 2. The number of carbonyl (C=O) groups is 1. The van der Waals surface area contributed by atoms with E-state index in [1.54, 1.807) is 6.20 Å². The van der Waals surface area contributed by atoms with E-state index >= 15 is 0 Å². The molecule has 0 aromatic carbocycles. The van der Waals surface area contributed by atoms with E-state index in [1.165, 1.54) is 0 Å². The van der Waals surface area contributed by atoms with E-state index < -0.39 is 0 Å². The summed E-state index contributed by atoms with van der Waals surface area (Å²) in [5.41, 5.74) is 1.03.